The molecule has 1 aromatic heterocycles. The Balaban J connectivity index is 1.57. The topological polar surface area (TPSA) is 51.3 Å². The molecule has 0 atom stereocenters. The minimum absolute atomic E-state index is 0.00630. The second-order valence-electron chi connectivity index (χ2n) is 5.48. The SMILES string of the molecule is COc1ccc(F)cc1COC(=O)CCc1c[nH]c2ccccc12. The van der Waals surface area contributed by atoms with E-state index >= 15 is 0 Å². The van der Waals surface area contributed by atoms with Gasteiger partial charge in [-0.2, -0.15) is 0 Å². The van der Waals surface area contributed by atoms with Crippen LogP contribution in [0.2, 0.25) is 0 Å². The maximum Gasteiger partial charge on any atom is 0.306 e. The molecule has 124 valence electrons. The van der Waals surface area contributed by atoms with Crippen LogP contribution in [0.15, 0.2) is 48.7 Å². The summed E-state index contributed by atoms with van der Waals surface area (Å²) in [7, 11) is 1.50. The fourth-order valence-electron chi connectivity index (χ4n) is 2.67. The van der Waals surface area contributed by atoms with Gasteiger partial charge in [0.2, 0.25) is 0 Å². The first-order chi connectivity index (χ1) is 11.7. The van der Waals surface area contributed by atoms with Gasteiger partial charge in [-0.05, 0) is 36.2 Å². The predicted molar refractivity (Wildman–Crippen MR) is 89.4 cm³/mol. The Morgan fingerprint density at radius 1 is 1.17 bits per heavy atom. The summed E-state index contributed by atoms with van der Waals surface area (Å²) in [5, 5.41) is 1.11. The molecular formula is C19H18FNO3. The number of nitrogens with one attached hydrogen (secondary N) is 1. The second-order valence-corrected chi connectivity index (χ2v) is 5.48. The molecule has 0 fully saturated rings. The lowest BCUT2D eigenvalue weighted by Gasteiger charge is -2.09. The van der Waals surface area contributed by atoms with Gasteiger partial charge in [0.25, 0.3) is 0 Å². The molecule has 0 aliphatic rings. The lowest BCUT2D eigenvalue weighted by atomic mass is 10.1. The van der Waals surface area contributed by atoms with E-state index in [2.05, 4.69) is 4.98 Å². The highest BCUT2D eigenvalue weighted by Gasteiger charge is 2.10. The number of aryl methyl sites for hydroxylation is 1. The first kappa shape index (κ1) is 16.1. The fraction of sp³-hybridized carbons (Fsp3) is 0.211. The molecule has 2 aromatic carbocycles. The predicted octanol–water partition coefficient (Wildman–Crippen LogP) is 3.99. The van der Waals surface area contributed by atoms with Crippen LogP contribution in [-0.2, 0) is 22.6 Å². The van der Waals surface area contributed by atoms with Crippen molar-refractivity contribution in [3.8, 4) is 5.75 Å². The highest BCUT2D eigenvalue weighted by atomic mass is 19.1. The van der Waals surface area contributed by atoms with Gasteiger partial charge in [0, 0.05) is 29.1 Å². The number of methoxy groups -OCH3 is 1. The number of fused-ring (bicyclic) bond motifs is 1. The molecule has 3 rings (SSSR count). The highest BCUT2D eigenvalue weighted by Crippen LogP contribution is 2.21. The maximum absolute atomic E-state index is 13.3. The van der Waals surface area contributed by atoms with Crippen LogP contribution < -0.4 is 4.74 Å². The monoisotopic (exact) mass is 327 g/mol. The number of hydrogen-bond acceptors (Lipinski definition) is 3. The van der Waals surface area contributed by atoms with Crippen molar-refractivity contribution >= 4 is 16.9 Å². The molecule has 1 N–H and O–H groups in total. The third kappa shape index (κ3) is 3.56. The molecule has 4 nitrogen and oxygen atoms in total. The zero-order valence-electron chi connectivity index (χ0n) is 13.3. The van der Waals surface area contributed by atoms with E-state index in [-0.39, 0.29) is 24.8 Å². The zero-order chi connectivity index (χ0) is 16.9. The number of halogens is 1. The Bertz CT molecular complexity index is 857. The van der Waals surface area contributed by atoms with Gasteiger partial charge in [-0.3, -0.25) is 4.79 Å². The summed E-state index contributed by atoms with van der Waals surface area (Å²) in [6, 6.07) is 12.1. The molecule has 3 aromatic rings. The van der Waals surface area contributed by atoms with E-state index in [0.717, 1.165) is 16.5 Å². The molecule has 0 amide bonds. The molecule has 0 bridgehead atoms. The molecule has 0 saturated carbocycles. The number of benzene rings is 2. The number of H-pyrrole nitrogens is 1. The fourth-order valence-corrected chi connectivity index (χ4v) is 2.67. The number of aromatic amines is 1. The zero-order valence-corrected chi connectivity index (χ0v) is 13.3. The summed E-state index contributed by atoms with van der Waals surface area (Å²) in [6.07, 6.45) is 2.76. The van der Waals surface area contributed by atoms with Crippen LogP contribution in [0, 0.1) is 5.82 Å². The van der Waals surface area contributed by atoms with Crippen LogP contribution in [0.5, 0.6) is 5.75 Å². The standard InChI is InChI=1S/C19H18FNO3/c1-23-18-8-7-15(20)10-14(18)12-24-19(22)9-6-13-11-21-17-5-3-2-4-16(13)17/h2-5,7-8,10-11,21H,6,9,12H2,1H3. The molecule has 5 heteroatoms. The Kier molecular flexibility index (Phi) is 4.79. The van der Waals surface area contributed by atoms with Gasteiger partial charge in [0.1, 0.15) is 18.2 Å². The number of carbonyl (C=O) groups is 1. The first-order valence-corrected chi connectivity index (χ1v) is 7.70. The van der Waals surface area contributed by atoms with Gasteiger partial charge >= 0.3 is 5.97 Å². The van der Waals surface area contributed by atoms with Crippen molar-refractivity contribution < 1.29 is 18.7 Å². The number of ether oxygens (including phenoxy) is 2. The largest absolute Gasteiger partial charge is 0.496 e. The highest BCUT2D eigenvalue weighted by molar-refractivity contribution is 5.83. The number of para-hydroxylation sites is 1. The van der Waals surface area contributed by atoms with E-state index in [1.54, 1.807) is 0 Å². The van der Waals surface area contributed by atoms with Crippen LogP contribution in [0.25, 0.3) is 10.9 Å². The lowest BCUT2D eigenvalue weighted by molar-refractivity contribution is -0.144. The van der Waals surface area contributed by atoms with Crippen LogP contribution in [0.4, 0.5) is 4.39 Å². The third-order valence-electron chi connectivity index (χ3n) is 3.90. The quantitative estimate of drug-likeness (QED) is 0.697. The summed E-state index contributed by atoms with van der Waals surface area (Å²) in [6.45, 7) is -0.00630. The van der Waals surface area contributed by atoms with Crippen molar-refractivity contribution in [1.82, 2.24) is 4.98 Å². The van der Waals surface area contributed by atoms with Crippen molar-refractivity contribution in [3.63, 3.8) is 0 Å². The first-order valence-electron chi connectivity index (χ1n) is 7.70. The van der Waals surface area contributed by atoms with Crippen molar-refractivity contribution in [1.29, 1.82) is 0 Å². The smallest absolute Gasteiger partial charge is 0.306 e. The van der Waals surface area contributed by atoms with E-state index in [1.165, 1.54) is 25.3 Å². The van der Waals surface area contributed by atoms with E-state index < -0.39 is 0 Å². The molecule has 0 radical (unpaired) electrons. The number of rotatable bonds is 6. The average molecular weight is 327 g/mol. The molecule has 0 spiro atoms. The normalized spacial score (nSPS) is 10.8. The van der Waals surface area contributed by atoms with Gasteiger partial charge in [-0.25, -0.2) is 4.39 Å². The molecule has 24 heavy (non-hydrogen) atoms. The number of esters is 1. The van der Waals surface area contributed by atoms with Crippen molar-refractivity contribution in [3.05, 3.63) is 65.6 Å². The van der Waals surface area contributed by atoms with Crippen LogP contribution in [-0.4, -0.2) is 18.1 Å². The second kappa shape index (κ2) is 7.17. The van der Waals surface area contributed by atoms with Crippen molar-refractivity contribution in [2.24, 2.45) is 0 Å². The van der Waals surface area contributed by atoms with Crippen molar-refractivity contribution in [2.75, 3.05) is 7.11 Å². The summed E-state index contributed by atoms with van der Waals surface area (Å²) in [4.78, 5) is 15.1. The molecule has 1 heterocycles. The van der Waals surface area contributed by atoms with Gasteiger partial charge in [0.15, 0.2) is 0 Å². The van der Waals surface area contributed by atoms with Gasteiger partial charge in [0.05, 0.1) is 7.11 Å². The molecule has 0 aliphatic carbocycles. The summed E-state index contributed by atoms with van der Waals surface area (Å²) in [5.41, 5.74) is 2.63. The third-order valence-corrected chi connectivity index (χ3v) is 3.90. The van der Waals surface area contributed by atoms with Gasteiger partial charge < -0.3 is 14.5 Å². The van der Waals surface area contributed by atoms with E-state index in [0.29, 0.717) is 17.7 Å². The Hall–Kier alpha value is -2.82. The van der Waals surface area contributed by atoms with Gasteiger partial charge in [-0.1, -0.05) is 18.2 Å². The minimum Gasteiger partial charge on any atom is -0.496 e. The average Bonchev–Trinajstić information content (AvgIpc) is 3.01. The maximum atomic E-state index is 13.3. The Morgan fingerprint density at radius 3 is 2.83 bits per heavy atom. The minimum atomic E-state index is -0.388. The Labute approximate surface area is 139 Å². The lowest BCUT2D eigenvalue weighted by Crippen LogP contribution is -2.07. The number of hydrogen-bond donors (Lipinski definition) is 1. The van der Waals surface area contributed by atoms with Crippen LogP contribution in [0.1, 0.15) is 17.5 Å². The summed E-state index contributed by atoms with van der Waals surface area (Å²) >= 11 is 0. The van der Waals surface area contributed by atoms with E-state index in [1.807, 2.05) is 30.5 Å². The van der Waals surface area contributed by atoms with Crippen LogP contribution in [0.3, 0.4) is 0 Å². The van der Waals surface area contributed by atoms with E-state index in [9.17, 15) is 9.18 Å². The van der Waals surface area contributed by atoms with E-state index in [4.69, 9.17) is 9.47 Å². The molecule has 0 saturated heterocycles. The molecule has 0 unspecified atom stereocenters. The Morgan fingerprint density at radius 2 is 2.00 bits per heavy atom. The molecule has 0 aliphatic heterocycles. The summed E-state index contributed by atoms with van der Waals surface area (Å²) in [5.74, 6) is -0.215. The number of carbonyl (C=O) groups excluding carboxylic acids is 1. The van der Waals surface area contributed by atoms with Gasteiger partial charge in [-0.15, -0.1) is 0 Å². The molecular weight excluding hydrogens is 309 g/mol. The van der Waals surface area contributed by atoms with Crippen molar-refractivity contribution in [2.45, 2.75) is 19.4 Å². The van der Waals surface area contributed by atoms with Crippen LogP contribution >= 0.6 is 0 Å². The summed E-state index contributed by atoms with van der Waals surface area (Å²) < 4.78 is 23.7. The number of aromatic nitrogens is 1.